The molecule has 1 unspecified atom stereocenters. The zero-order valence-electron chi connectivity index (χ0n) is 38.6. The number of aryl methyl sites for hydroxylation is 4. The van der Waals surface area contributed by atoms with Gasteiger partial charge in [-0.05, 0) is 100.0 Å². The van der Waals surface area contributed by atoms with E-state index in [-0.39, 0.29) is 6.04 Å². The maximum absolute atomic E-state index is 5.38. The predicted octanol–water partition coefficient (Wildman–Crippen LogP) is 15.0. The average molecular weight is 879 g/mol. The third kappa shape index (κ3) is 8.69. The number of pyridine rings is 2. The summed E-state index contributed by atoms with van der Waals surface area (Å²) in [5, 5.41) is 7.59. The number of hydrogen-bond donors (Lipinski definition) is 1. The van der Waals surface area contributed by atoms with Crippen molar-refractivity contribution < 1.29 is 0 Å². The van der Waals surface area contributed by atoms with Gasteiger partial charge in [-0.2, -0.15) is 5.10 Å². The van der Waals surface area contributed by atoms with Crippen LogP contribution in [0.25, 0.3) is 78.9 Å². The molecular formula is C62H50N6. The monoisotopic (exact) mass is 878 g/mol. The van der Waals surface area contributed by atoms with E-state index in [1.165, 1.54) is 22.3 Å². The van der Waals surface area contributed by atoms with Gasteiger partial charge in [0.05, 0.1) is 57.3 Å². The summed E-state index contributed by atoms with van der Waals surface area (Å²) in [6.45, 7) is 8.46. The molecule has 68 heavy (non-hydrogen) atoms. The van der Waals surface area contributed by atoms with Gasteiger partial charge in [0.15, 0.2) is 0 Å². The van der Waals surface area contributed by atoms with Gasteiger partial charge >= 0.3 is 0 Å². The summed E-state index contributed by atoms with van der Waals surface area (Å²) >= 11 is 0. The molecule has 0 amide bonds. The van der Waals surface area contributed by atoms with Crippen LogP contribution in [-0.4, -0.2) is 19.7 Å². The summed E-state index contributed by atoms with van der Waals surface area (Å²) in [5.74, 6) is 0. The molecule has 10 aromatic rings. The van der Waals surface area contributed by atoms with Crippen LogP contribution in [0.5, 0.6) is 0 Å². The molecule has 0 fully saturated rings. The molecule has 0 saturated carbocycles. The smallest absolute Gasteiger partial charge is 0.0934 e. The van der Waals surface area contributed by atoms with E-state index < -0.39 is 0 Å². The fourth-order valence-corrected chi connectivity index (χ4v) is 8.90. The van der Waals surface area contributed by atoms with Gasteiger partial charge in [-0.3, -0.25) is 5.01 Å². The Balaban J connectivity index is 1.02. The highest BCUT2D eigenvalue weighted by molar-refractivity contribution is 5.85. The van der Waals surface area contributed by atoms with Crippen LogP contribution in [0.1, 0.15) is 39.4 Å². The lowest BCUT2D eigenvalue weighted by atomic mass is 9.99. The van der Waals surface area contributed by atoms with E-state index in [4.69, 9.17) is 15.1 Å². The predicted molar refractivity (Wildman–Crippen MR) is 280 cm³/mol. The highest BCUT2D eigenvalue weighted by atomic mass is 15.5. The van der Waals surface area contributed by atoms with Crippen molar-refractivity contribution in [3.05, 3.63) is 252 Å². The number of para-hydroxylation sites is 2. The Bertz CT molecular complexity index is 3300. The van der Waals surface area contributed by atoms with Crippen LogP contribution in [0.3, 0.4) is 0 Å². The summed E-state index contributed by atoms with van der Waals surface area (Å²) in [7, 11) is 0. The van der Waals surface area contributed by atoms with Crippen LogP contribution >= 0.6 is 0 Å². The highest BCUT2D eigenvalue weighted by Crippen LogP contribution is 2.39. The number of hydrazine groups is 1. The normalized spacial score (nSPS) is 13.4. The number of benzene rings is 7. The lowest BCUT2D eigenvalue weighted by Gasteiger charge is -2.25. The molecule has 3 aromatic heterocycles. The van der Waals surface area contributed by atoms with Gasteiger partial charge in [-0.15, -0.1) is 0 Å². The van der Waals surface area contributed by atoms with E-state index in [9.17, 15) is 0 Å². The van der Waals surface area contributed by atoms with Crippen molar-refractivity contribution in [2.75, 3.05) is 5.01 Å². The van der Waals surface area contributed by atoms with Crippen molar-refractivity contribution in [2.24, 2.45) is 0 Å². The number of hydrogen-bond acceptors (Lipinski definition) is 5. The number of aromatic nitrogens is 4. The second-order valence-corrected chi connectivity index (χ2v) is 17.8. The molecule has 6 nitrogen and oxygen atoms in total. The Kier molecular flexibility index (Phi) is 11.2. The molecule has 7 aromatic carbocycles. The summed E-state index contributed by atoms with van der Waals surface area (Å²) in [6.07, 6.45) is 2.34. The minimum atomic E-state index is -0.144. The lowest BCUT2D eigenvalue weighted by molar-refractivity contribution is 0.674. The first kappa shape index (κ1) is 42.2. The molecule has 1 atom stereocenters. The van der Waals surface area contributed by atoms with Gasteiger partial charge in [0.1, 0.15) is 0 Å². The van der Waals surface area contributed by atoms with Gasteiger partial charge in [-0.25, -0.2) is 20.1 Å². The summed E-state index contributed by atoms with van der Waals surface area (Å²) in [5.41, 5.74) is 25.8. The van der Waals surface area contributed by atoms with E-state index in [1.807, 2.05) is 6.07 Å². The number of nitrogens with one attached hydrogen (secondary N) is 1. The second kappa shape index (κ2) is 18.1. The highest BCUT2D eigenvalue weighted by Gasteiger charge is 2.28. The molecule has 1 aliphatic heterocycles. The van der Waals surface area contributed by atoms with Crippen molar-refractivity contribution in [3.63, 3.8) is 0 Å². The average Bonchev–Trinajstić information content (AvgIpc) is 4.05. The Labute approximate surface area is 398 Å². The molecule has 6 heteroatoms. The molecule has 328 valence electrons. The van der Waals surface area contributed by atoms with E-state index in [0.29, 0.717) is 0 Å². The molecule has 0 radical (unpaired) electrons. The first-order chi connectivity index (χ1) is 33.3. The summed E-state index contributed by atoms with van der Waals surface area (Å²) in [6, 6.07) is 75.0. The van der Waals surface area contributed by atoms with Gasteiger partial charge in [-0.1, -0.05) is 174 Å². The fraction of sp³-hybridized carbons (Fsp3) is 0.0806. The van der Waals surface area contributed by atoms with Crippen molar-refractivity contribution in [3.8, 4) is 73.2 Å². The SMILES string of the molecule is Cc1ccc(-c2cc(C3=CC(c4cccc(-c5cc(-c6cc(-c7ccc(C)cc7)nc(-c7ccc(C)cc7)c6)n(-c6ccccc6)n5)c4)NN3c3ccccc3)cc(-c3ccc(C)cc3)n2)cc1. The van der Waals surface area contributed by atoms with Crippen LogP contribution in [0.2, 0.25) is 0 Å². The lowest BCUT2D eigenvalue weighted by Crippen LogP contribution is -2.33. The third-order valence-corrected chi connectivity index (χ3v) is 12.7. The Morgan fingerprint density at radius 3 is 1.28 bits per heavy atom. The Morgan fingerprint density at radius 1 is 0.368 bits per heavy atom. The second-order valence-electron chi connectivity index (χ2n) is 17.8. The maximum Gasteiger partial charge on any atom is 0.0934 e. The topological polar surface area (TPSA) is 58.9 Å². The summed E-state index contributed by atoms with van der Waals surface area (Å²) in [4.78, 5) is 10.5. The van der Waals surface area contributed by atoms with Crippen LogP contribution in [0.4, 0.5) is 5.69 Å². The van der Waals surface area contributed by atoms with Gasteiger partial charge in [0.25, 0.3) is 0 Å². The first-order valence-electron chi connectivity index (χ1n) is 23.2. The molecule has 1 aliphatic rings. The number of anilines is 1. The molecule has 0 aliphatic carbocycles. The minimum absolute atomic E-state index is 0.144. The van der Waals surface area contributed by atoms with Crippen LogP contribution in [0.15, 0.2) is 218 Å². The minimum Gasteiger partial charge on any atom is -0.276 e. The standard InChI is InChI=1S/C62H50N6/c1-41-18-26-45(27-19-41)55-35-51(36-56(63-55)46-28-20-42(2)21-29-46)61-39-59(65-67(61)53-14-7-5-8-15-53)49-12-11-13-50(34-49)60-40-62(68(66-60)54-16-9-6-10-17-54)52-37-57(47-30-22-43(3)23-31-47)64-58(38-52)48-32-24-44(4)25-33-48/h5-40,59,65H,1-4H3. The molecule has 0 spiro atoms. The molecule has 0 saturated heterocycles. The van der Waals surface area contributed by atoms with Crippen molar-refractivity contribution in [1.29, 1.82) is 0 Å². The van der Waals surface area contributed by atoms with Crippen LogP contribution in [-0.2, 0) is 0 Å². The Morgan fingerprint density at radius 2 is 0.809 bits per heavy atom. The third-order valence-electron chi connectivity index (χ3n) is 12.7. The van der Waals surface area contributed by atoms with Gasteiger partial charge in [0.2, 0.25) is 0 Å². The van der Waals surface area contributed by atoms with Crippen LogP contribution < -0.4 is 10.4 Å². The zero-order valence-corrected chi connectivity index (χ0v) is 38.6. The summed E-state index contributed by atoms with van der Waals surface area (Å²) < 4.78 is 2.07. The Hall–Kier alpha value is -8.45. The first-order valence-corrected chi connectivity index (χ1v) is 23.2. The fourth-order valence-electron chi connectivity index (χ4n) is 8.90. The van der Waals surface area contributed by atoms with Gasteiger partial charge in [0, 0.05) is 38.9 Å². The van der Waals surface area contributed by atoms with Crippen molar-refractivity contribution >= 4 is 11.4 Å². The largest absolute Gasteiger partial charge is 0.276 e. The molecule has 0 bridgehead atoms. The van der Waals surface area contributed by atoms with E-state index in [0.717, 1.165) is 95.7 Å². The van der Waals surface area contributed by atoms with E-state index >= 15 is 0 Å². The zero-order chi connectivity index (χ0) is 46.1. The molecule has 1 N–H and O–H groups in total. The quantitative estimate of drug-likeness (QED) is 0.148. The van der Waals surface area contributed by atoms with Crippen molar-refractivity contribution in [2.45, 2.75) is 33.7 Å². The van der Waals surface area contributed by atoms with E-state index in [1.54, 1.807) is 0 Å². The molecule has 4 heterocycles. The van der Waals surface area contributed by atoms with Crippen LogP contribution in [0, 0.1) is 27.7 Å². The van der Waals surface area contributed by atoms with Crippen molar-refractivity contribution in [1.82, 2.24) is 25.2 Å². The maximum atomic E-state index is 5.38. The number of rotatable bonds is 10. The van der Waals surface area contributed by atoms with Gasteiger partial charge < -0.3 is 0 Å². The molecular weight excluding hydrogens is 829 g/mol. The number of nitrogens with zero attached hydrogens (tertiary/aromatic N) is 5. The van der Waals surface area contributed by atoms with E-state index in [2.05, 4.69) is 255 Å². The molecule has 11 rings (SSSR count).